The molecule has 6 nitrogen and oxygen atoms in total. The van der Waals surface area contributed by atoms with Crippen LogP contribution in [0, 0.1) is 28.6 Å². The van der Waals surface area contributed by atoms with Crippen molar-refractivity contribution in [1.29, 1.82) is 0 Å². The van der Waals surface area contributed by atoms with Gasteiger partial charge in [0.1, 0.15) is 6.10 Å². The number of esters is 2. The van der Waals surface area contributed by atoms with E-state index in [-0.39, 0.29) is 29.1 Å². The van der Waals surface area contributed by atoms with Crippen molar-refractivity contribution in [2.45, 2.75) is 65.5 Å². The molecule has 1 aliphatic heterocycles. The van der Waals surface area contributed by atoms with E-state index in [9.17, 15) is 14.7 Å². The minimum Gasteiger partial charge on any atom is -0.462 e. The average molecular weight is 340 g/mol. The van der Waals surface area contributed by atoms with Crippen LogP contribution < -0.4 is 0 Å². The predicted octanol–water partition coefficient (Wildman–Crippen LogP) is 1.89. The molecule has 3 aliphatic rings. The second-order valence-electron chi connectivity index (χ2n) is 8.70. The van der Waals surface area contributed by atoms with Gasteiger partial charge in [0.25, 0.3) is 0 Å². The van der Waals surface area contributed by atoms with Gasteiger partial charge >= 0.3 is 11.9 Å². The first-order chi connectivity index (χ1) is 11.0. The molecule has 3 fully saturated rings. The monoisotopic (exact) mass is 340 g/mol. The minimum absolute atomic E-state index is 0.0122. The molecule has 0 aromatic rings. The summed E-state index contributed by atoms with van der Waals surface area (Å²) in [6.07, 6.45) is -0.0924. The highest BCUT2D eigenvalue weighted by Crippen LogP contribution is 2.69. The molecule has 2 aliphatic carbocycles. The zero-order chi connectivity index (χ0) is 18.1. The van der Waals surface area contributed by atoms with E-state index in [2.05, 4.69) is 0 Å². The maximum absolute atomic E-state index is 12.8. The molecule has 1 saturated heterocycles. The number of hydrogen-bond acceptors (Lipinski definition) is 6. The molecule has 0 amide bonds. The zero-order valence-electron chi connectivity index (χ0n) is 15.3. The summed E-state index contributed by atoms with van der Waals surface area (Å²) in [5.74, 6) is -1.49. The summed E-state index contributed by atoms with van der Waals surface area (Å²) >= 11 is 0. The van der Waals surface area contributed by atoms with Crippen LogP contribution in [0.15, 0.2) is 0 Å². The van der Waals surface area contributed by atoms with E-state index in [4.69, 9.17) is 14.2 Å². The van der Waals surface area contributed by atoms with Crippen LogP contribution in [-0.2, 0) is 23.8 Å². The predicted molar refractivity (Wildman–Crippen MR) is 84.7 cm³/mol. The number of carbonyl (C=O) groups excluding carboxylic acids is 2. The van der Waals surface area contributed by atoms with Gasteiger partial charge in [-0.3, -0.25) is 9.59 Å². The molecule has 3 rings (SSSR count). The lowest BCUT2D eigenvalue weighted by Gasteiger charge is -2.58. The Kier molecular flexibility index (Phi) is 3.81. The van der Waals surface area contributed by atoms with Crippen LogP contribution in [0.3, 0.4) is 0 Å². The van der Waals surface area contributed by atoms with Crippen LogP contribution in [0.4, 0.5) is 0 Å². The van der Waals surface area contributed by atoms with Crippen LogP contribution in [0.25, 0.3) is 0 Å². The first-order valence-electron chi connectivity index (χ1n) is 8.62. The Morgan fingerprint density at radius 2 is 1.96 bits per heavy atom. The van der Waals surface area contributed by atoms with Crippen molar-refractivity contribution in [1.82, 2.24) is 0 Å². The molecule has 0 spiro atoms. The number of hydrogen-bond donors (Lipinski definition) is 1. The van der Waals surface area contributed by atoms with E-state index in [1.807, 2.05) is 20.8 Å². The van der Waals surface area contributed by atoms with Crippen LogP contribution in [-0.4, -0.2) is 42.1 Å². The third kappa shape index (κ3) is 2.02. The number of aliphatic hydroxyl groups is 1. The second kappa shape index (κ2) is 5.18. The van der Waals surface area contributed by atoms with Crippen molar-refractivity contribution in [2.75, 3.05) is 7.11 Å². The van der Waals surface area contributed by atoms with Gasteiger partial charge < -0.3 is 19.3 Å². The lowest BCUT2D eigenvalue weighted by Crippen LogP contribution is -2.70. The van der Waals surface area contributed by atoms with E-state index in [0.717, 1.165) is 0 Å². The Labute approximate surface area is 142 Å². The maximum Gasteiger partial charge on any atom is 0.317 e. The van der Waals surface area contributed by atoms with Gasteiger partial charge in [0, 0.05) is 20.0 Å². The van der Waals surface area contributed by atoms with Crippen molar-refractivity contribution in [3.8, 4) is 0 Å². The second-order valence-corrected chi connectivity index (χ2v) is 8.70. The first kappa shape index (κ1) is 17.7. The average Bonchev–Trinajstić information content (AvgIpc) is 2.59. The smallest absolute Gasteiger partial charge is 0.317 e. The van der Waals surface area contributed by atoms with Crippen LogP contribution in [0.2, 0.25) is 0 Å². The molecule has 24 heavy (non-hydrogen) atoms. The molecule has 0 aromatic heterocycles. The van der Waals surface area contributed by atoms with E-state index < -0.39 is 29.4 Å². The summed E-state index contributed by atoms with van der Waals surface area (Å²) in [4.78, 5) is 24.4. The van der Waals surface area contributed by atoms with Crippen molar-refractivity contribution in [3.63, 3.8) is 0 Å². The summed E-state index contributed by atoms with van der Waals surface area (Å²) in [6.45, 7) is 9.20. The van der Waals surface area contributed by atoms with Crippen molar-refractivity contribution in [2.24, 2.45) is 28.6 Å². The van der Waals surface area contributed by atoms with E-state index in [1.54, 1.807) is 6.92 Å². The highest BCUT2D eigenvalue weighted by Gasteiger charge is 2.78. The van der Waals surface area contributed by atoms with Crippen molar-refractivity contribution >= 4 is 11.9 Å². The highest BCUT2D eigenvalue weighted by atomic mass is 16.7. The summed E-state index contributed by atoms with van der Waals surface area (Å²) in [6, 6.07) is 0. The Morgan fingerprint density at radius 1 is 1.33 bits per heavy atom. The largest absolute Gasteiger partial charge is 0.462 e. The maximum atomic E-state index is 12.8. The van der Waals surface area contributed by atoms with Gasteiger partial charge in [-0.2, -0.15) is 0 Å². The van der Waals surface area contributed by atoms with Gasteiger partial charge in [0.2, 0.25) is 6.29 Å². The van der Waals surface area contributed by atoms with Crippen molar-refractivity contribution in [3.05, 3.63) is 0 Å². The summed E-state index contributed by atoms with van der Waals surface area (Å²) in [7, 11) is 1.49. The van der Waals surface area contributed by atoms with Gasteiger partial charge in [0.15, 0.2) is 0 Å². The fourth-order valence-corrected chi connectivity index (χ4v) is 6.09. The van der Waals surface area contributed by atoms with Gasteiger partial charge in [-0.05, 0) is 31.1 Å². The molecule has 0 unspecified atom stereocenters. The summed E-state index contributed by atoms with van der Waals surface area (Å²) < 4.78 is 16.6. The first-order valence-corrected chi connectivity index (χ1v) is 8.62. The van der Waals surface area contributed by atoms with Gasteiger partial charge in [-0.15, -0.1) is 0 Å². The molecule has 7 atom stereocenters. The van der Waals surface area contributed by atoms with E-state index >= 15 is 0 Å². The third-order valence-electron chi connectivity index (χ3n) is 6.62. The molecule has 0 bridgehead atoms. The highest BCUT2D eigenvalue weighted by molar-refractivity contribution is 5.80. The molecular formula is C18H28O6. The molecular weight excluding hydrogens is 312 g/mol. The van der Waals surface area contributed by atoms with Gasteiger partial charge in [-0.1, -0.05) is 20.8 Å². The summed E-state index contributed by atoms with van der Waals surface area (Å²) in [5.41, 5.74) is -2.73. The normalized spacial score (nSPS) is 49.3. The molecule has 6 heteroatoms. The molecule has 0 radical (unpaired) electrons. The molecule has 1 N–H and O–H groups in total. The number of ether oxygens (including phenoxy) is 3. The fourth-order valence-electron chi connectivity index (χ4n) is 6.09. The number of cyclic esters (lactones) is 1. The SMILES string of the molecule is CO[C@H]1OC(=O)[C@@]2(C)CC(C)(C)[C@@H]3[C@@H](OC(C)=O)C[C@@H](C)[C@H]1[C@@]32O. The Bertz CT molecular complexity index is 572. The number of carbonyl (C=O) groups is 2. The van der Waals surface area contributed by atoms with E-state index in [1.165, 1.54) is 14.0 Å². The standard InChI is InChI=1S/C18H28O6/c1-9-7-11(23-10(2)19)13-16(3,4)8-17(5)15(20)24-14(22-6)12(9)18(13,17)21/h9,11-14,21H,7-8H2,1-6H3/t9-,11+,12-,13+,14+,17-,18-/m1/s1. The lowest BCUT2D eigenvalue weighted by molar-refractivity contribution is -0.301. The van der Waals surface area contributed by atoms with Crippen LogP contribution in [0.1, 0.15) is 47.5 Å². The quantitative estimate of drug-likeness (QED) is 0.773. The van der Waals surface area contributed by atoms with E-state index in [0.29, 0.717) is 12.8 Å². The fraction of sp³-hybridized carbons (Fsp3) is 0.889. The molecule has 1 heterocycles. The molecule has 0 aromatic carbocycles. The van der Waals surface area contributed by atoms with Crippen LogP contribution >= 0.6 is 0 Å². The summed E-state index contributed by atoms with van der Waals surface area (Å²) in [5, 5.41) is 11.9. The van der Waals surface area contributed by atoms with Crippen LogP contribution in [0.5, 0.6) is 0 Å². The topological polar surface area (TPSA) is 82.1 Å². The van der Waals surface area contributed by atoms with Gasteiger partial charge in [0.05, 0.1) is 16.9 Å². The molecule has 2 saturated carbocycles. The Hall–Kier alpha value is -1.14. The Morgan fingerprint density at radius 3 is 2.50 bits per heavy atom. The minimum atomic E-state index is -1.33. The lowest BCUT2D eigenvalue weighted by atomic mass is 9.54. The zero-order valence-corrected chi connectivity index (χ0v) is 15.3. The molecule has 136 valence electrons. The van der Waals surface area contributed by atoms with Gasteiger partial charge in [-0.25, -0.2) is 0 Å². The van der Waals surface area contributed by atoms with Crippen molar-refractivity contribution < 1.29 is 28.9 Å². The number of rotatable bonds is 2. The third-order valence-corrected chi connectivity index (χ3v) is 6.62. The number of methoxy groups -OCH3 is 1. The Balaban J connectivity index is 2.17.